The molecule has 0 aromatic heterocycles. The lowest BCUT2D eigenvalue weighted by Gasteiger charge is -2.34. The van der Waals surface area contributed by atoms with Gasteiger partial charge in [0.15, 0.2) is 6.10 Å². The number of benzene rings is 1. The van der Waals surface area contributed by atoms with Gasteiger partial charge in [0, 0.05) is 18.1 Å². The third kappa shape index (κ3) is 5.67. The van der Waals surface area contributed by atoms with Crippen LogP contribution in [0, 0.1) is 5.41 Å². The molecule has 0 spiro atoms. The van der Waals surface area contributed by atoms with Gasteiger partial charge in [0.25, 0.3) is 5.91 Å². The summed E-state index contributed by atoms with van der Waals surface area (Å²) >= 11 is 5.90. The lowest BCUT2D eigenvalue weighted by Crippen LogP contribution is -2.48. The van der Waals surface area contributed by atoms with Crippen molar-refractivity contribution in [3.63, 3.8) is 0 Å². The molecule has 1 aromatic rings. The van der Waals surface area contributed by atoms with Gasteiger partial charge in [0.1, 0.15) is 5.75 Å². The van der Waals surface area contributed by atoms with Crippen LogP contribution in [0.4, 0.5) is 0 Å². The topological polar surface area (TPSA) is 50.4 Å². The van der Waals surface area contributed by atoms with Crippen LogP contribution in [0.25, 0.3) is 0 Å². The Morgan fingerprint density at radius 3 is 2.95 bits per heavy atom. The second-order valence-electron chi connectivity index (χ2n) is 6.03. The standard InChI is InChI=1S/C16H23ClN2O2.ClH/c1-12(21-14-6-3-5-13(17)9-14)15(20)19-11-16(2)7-4-8-18-10-16;/h3,5-6,9,12,18H,4,7-8,10-11H2,1-2H3,(H,19,20);1H. The summed E-state index contributed by atoms with van der Waals surface area (Å²) in [6, 6.07) is 7.08. The number of piperidine rings is 1. The smallest absolute Gasteiger partial charge is 0.260 e. The maximum Gasteiger partial charge on any atom is 0.260 e. The number of nitrogens with one attached hydrogen (secondary N) is 2. The molecule has 2 rings (SSSR count). The summed E-state index contributed by atoms with van der Waals surface area (Å²) < 4.78 is 5.62. The van der Waals surface area contributed by atoms with E-state index in [1.165, 1.54) is 0 Å². The Morgan fingerprint density at radius 2 is 2.32 bits per heavy atom. The first-order valence-electron chi connectivity index (χ1n) is 7.39. The molecule has 1 heterocycles. The fourth-order valence-corrected chi connectivity index (χ4v) is 2.69. The normalized spacial score (nSPS) is 22.3. The van der Waals surface area contributed by atoms with Crippen LogP contribution < -0.4 is 15.4 Å². The van der Waals surface area contributed by atoms with E-state index in [2.05, 4.69) is 17.6 Å². The lowest BCUT2D eigenvalue weighted by atomic mass is 9.83. The van der Waals surface area contributed by atoms with Gasteiger partial charge >= 0.3 is 0 Å². The van der Waals surface area contributed by atoms with E-state index in [0.29, 0.717) is 17.3 Å². The van der Waals surface area contributed by atoms with Crippen LogP contribution in [-0.2, 0) is 4.79 Å². The average molecular weight is 347 g/mol. The van der Waals surface area contributed by atoms with Crippen molar-refractivity contribution in [2.75, 3.05) is 19.6 Å². The average Bonchev–Trinajstić information content (AvgIpc) is 2.45. The summed E-state index contributed by atoms with van der Waals surface area (Å²) in [5.74, 6) is 0.512. The van der Waals surface area contributed by atoms with Crippen LogP contribution in [0.3, 0.4) is 0 Å². The summed E-state index contributed by atoms with van der Waals surface area (Å²) in [5, 5.41) is 6.97. The van der Waals surface area contributed by atoms with E-state index in [4.69, 9.17) is 16.3 Å². The maximum absolute atomic E-state index is 12.1. The second-order valence-corrected chi connectivity index (χ2v) is 6.46. The van der Waals surface area contributed by atoms with Gasteiger partial charge in [-0.15, -0.1) is 12.4 Å². The first-order valence-corrected chi connectivity index (χ1v) is 7.77. The van der Waals surface area contributed by atoms with Crippen molar-refractivity contribution < 1.29 is 9.53 Å². The minimum Gasteiger partial charge on any atom is -0.481 e. The fourth-order valence-electron chi connectivity index (χ4n) is 2.51. The maximum atomic E-state index is 12.1. The molecule has 22 heavy (non-hydrogen) atoms. The number of carbonyl (C=O) groups is 1. The molecular weight excluding hydrogens is 323 g/mol. The third-order valence-corrected chi connectivity index (χ3v) is 4.09. The summed E-state index contributed by atoms with van der Waals surface area (Å²) in [7, 11) is 0. The summed E-state index contributed by atoms with van der Waals surface area (Å²) in [5.41, 5.74) is 0.129. The second kappa shape index (κ2) is 8.61. The van der Waals surface area contributed by atoms with E-state index in [-0.39, 0.29) is 23.7 Å². The number of amides is 1. The molecule has 0 saturated carbocycles. The molecule has 4 nitrogen and oxygen atoms in total. The van der Waals surface area contributed by atoms with Gasteiger partial charge in [-0.1, -0.05) is 24.6 Å². The SMILES string of the molecule is CC(Oc1cccc(Cl)c1)C(=O)NCC1(C)CCCNC1.Cl. The molecular formula is C16H24Cl2N2O2. The Hall–Kier alpha value is -0.970. The van der Waals surface area contributed by atoms with Crippen LogP contribution in [-0.4, -0.2) is 31.6 Å². The van der Waals surface area contributed by atoms with Crippen LogP contribution in [0.2, 0.25) is 5.02 Å². The van der Waals surface area contributed by atoms with Gasteiger partial charge in [-0.2, -0.15) is 0 Å². The zero-order chi connectivity index (χ0) is 15.3. The number of hydrogen-bond donors (Lipinski definition) is 2. The highest BCUT2D eigenvalue weighted by Gasteiger charge is 2.28. The van der Waals surface area contributed by atoms with E-state index in [9.17, 15) is 4.79 Å². The highest BCUT2D eigenvalue weighted by Crippen LogP contribution is 2.24. The molecule has 2 unspecified atom stereocenters. The van der Waals surface area contributed by atoms with Crippen LogP contribution in [0.5, 0.6) is 5.75 Å². The number of halogens is 2. The molecule has 1 fully saturated rings. The fraction of sp³-hybridized carbons (Fsp3) is 0.562. The van der Waals surface area contributed by atoms with E-state index >= 15 is 0 Å². The Bertz CT molecular complexity index is 491. The Balaban J connectivity index is 0.00000242. The van der Waals surface area contributed by atoms with Gasteiger partial charge in [-0.25, -0.2) is 0 Å². The predicted molar refractivity (Wildman–Crippen MR) is 92.0 cm³/mol. The molecule has 124 valence electrons. The number of rotatable bonds is 5. The molecule has 6 heteroatoms. The van der Waals surface area contributed by atoms with Crippen molar-refractivity contribution in [3.8, 4) is 5.75 Å². The summed E-state index contributed by atoms with van der Waals surface area (Å²) in [6.07, 6.45) is 1.74. The van der Waals surface area contributed by atoms with Crippen molar-refractivity contribution in [1.82, 2.24) is 10.6 Å². The van der Waals surface area contributed by atoms with E-state index in [0.717, 1.165) is 25.9 Å². The van der Waals surface area contributed by atoms with Crippen LogP contribution in [0.15, 0.2) is 24.3 Å². The van der Waals surface area contributed by atoms with E-state index < -0.39 is 6.10 Å². The van der Waals surface area contributed by atoms with E-state index in [1.807, 2.05) is 0 Å². The first-order chi connectivity index (χ1) is 9.98. The molecule has 1 aliphatic heterocycles. The van der Waals surface area contributed by atoms with Crippen LogP contribution >= 0.6 is 24.0 Å². The quantitative estimate of drug-likeness (QED) is 0.861. The monoisotopic (exact) mass is 346 g/mol. The summed E-state index contributed by atoms with van der Waals surface area (Å²) in [6.45, 7) is 6.62. The molecule has 1 aromatic carbocycles. The number of ether oxygens (including phenoxy) is 1. The largest absolute Gasteiger partial charge is 0.481 e. The molecule has 2 N–H and O–H groups in total. The minimum atomic E-state index is -0.538. The third-order valence-electron chi connectivity index (χ3n) is 3.85. The first kappa shape index (κ1) is 19.1. The molecule has 1 aliphatic rings. The number of hydrogen-bond acceptors (Lipinski definition) is 3. The molecule has 1 amide bonds. The molecule has 0 radical (unpaired) electrons. The Labute approximate surface area is 143 Å². The highest BCUT2D eigenvalue weighted by atomic mass is 35.5. The van der Waals surface area contributed by atoms with Crippen molar-refractivity contribution >= 4 is 29.9 Å². The van der Waals surface area contributed by atoms with Crippen LogP contribution in [0.1, 0.15) is 26.7 Å². The minimum absolute atomic E-state index is 0. The zero-order valence-corrected chi connectivity index (χ0v) is 14.6. The lowest BCUT2D eigenvalue weighted by molar-refractivity contribution is -0.127. The van der Waals surface area contributed by atoms with Crippen molar-refractivity contribution in [1.29, 1.82) is 0 Å². The van der Waals surface area contributed by atoms with E-state index in [1.54, 1.807) is 31.2 Å². The van der Waals surface area contributed by atoms with Crippen molar-refractivity contribution in [3.05, 3.63) is 29.3 Å². The highest BCUT2D eigenvalue weighted by molar-refractivity contribution is 6.30. The van der Waals surface area contributed by atoms with Gasteiger partial charge in [0.05, 0.1) is 0 Å². The molecule has 0 bridgehead atoms. The molecule has 2 atom stereocenters. The predicted octanol–water partition coefficient (Wildman–Crippen LogP) is 3.04. The Kier molecular flexibility index (Phi) is 7.46. The Morgan fingerprint density at radius 1 is 1.55 bits per heavy atom. The molecule has 1 saturated heterocycles. The summed E-state index contributed by atoms with van der Waals surface area (Å²) in [4.78, 5) is 12.1. The zero-order valence-electron chi connectivity index (χ0n) is 13.0. The van der Waals surface area contributed by atoms with Crippen molar-refractivity contribution in [2.45, 2.75) is 32.8 Å². The van der Waals surface area contributed by atoms with Gasteiger partial charge in [0.2, 0.25) is 0 Å². The number of carbonyl (C=O) groups excluding carboxylic acids is 1. The van der Waals surface area contributed by atoms with Gasteiger partial charge < -0.3 is 15.4 Å². The molecule has 0 aliphatic carbocycles. The van der Waals surface area contributed by atoms with Crippen molar-refractivity contribution in [2.24, 2.45) is 5.41 Å². The van der Waals surface area contributed by atoms with Gasteiger partial charge in [-0.3, -0.25) is 4.79 Å². The van der Waals surface area contributed by atoms with Gasteiger partial charge in [-0.05, 0) is 49.9 Å².